The van der Waals surface area contributed by atoms with Crippen LogP contribution in [0.3, 0.4) is 0 Å². The van der Waals surface area contributed by atoms with Gasteiger partial charge in [-0.3, -0.25) is 0 Å². The summed E-state index contributed by atoms with van der Waals surface area (Å²) in [4.78, 5) is 0. The second-order valence-corrected chi connectivity index (χ2v) is 9.69. The highest BCUT2D eigenvalue weighted by Crippen LogP contribution is 2.40. The van der Waals surface area contributed by atoms with Gasteiger partial charge in [-0.05, 0) is 42.4 Å². The van der Waals surface area contributed by atoms with E-state index >= 15 is 0 Å². The molecule has 0 radical (unpaired) electrons. The minimum absolute atomic E-state index is 0.991. The number of hydrogen-bond donors (Lipinski definition) is 0. The van der Waals surface area contributed by atoms with Crippen LogP contribution < -0.4 is 0 Å². The van der Waals surface area contributed by atoms with Crippen molar-refractivity contribution in [2.45, 2.75) is 124 Å². The fourth-order valence-corrected chi connectivity index (χ4v) is 5.59. The van der Waals surface area contributed by atoms with E-state index in [2.05, 4.69) is 20.8 Å². The van der Waals surface area contributed by atoms with E-state index < -0.39 is 0 Å². The van der Waals surface area contributed by atoms with Gasteiger partial charge in [0, 0.05) is 0 Å². The molecule has 0 heterocycles. The maximum absolute atomic E-state index is 2.55. The Kier molecular flexibility index (Phi) is 9.80. The first-order chi connectivity index (χ1) is 11.7. The topological polar surface area (TPSA) is 0 Å². The third-order valence-corrected chi connectivity index (χ3v) is 7.43. The van der Waals surface area contributed by atoms with Gasteiger partial charge in [-0.15, -0.1) is 0 Å². The van der Waals surface area contributed by atoms with E-state index in [0.717, 1.165) is 29.6 Å². The van der Waals surface area contributed by atoms with E-state index in [1.54, 1.807) is 32.1 Å². The second kappa shape index (κ2) is 11.6. The van der Waals surface area contributed by atoms with Gasteiger partial charge in [0.15, 0.2) is 0 Å². The maximum Gasteiger partial charge on any atom is -0.0383 e. The molecule has 0 saturated heterocycles. The predicted molar refractivity (Wildman–Crippen MR) is 108 cm³/mol. The highest BCUT2D eigenvalue weighted by Gasteiger charge is 2.28. The number of rotatable bonds is 10. The van der Waals surface area contributed by atoms with Crippen LogP contribution in [-0.2, 0) is 0 Å². The lowest BCUT2D eigenvalue weighted by atomic mass is 9.70. The molecule has 0 amide bonds. The van der Waals surface area contributed by atoms with Gasteiger partial charge in [-0.1, -0.05) is 111 Å². The second-order valence-electron chi connectivity index (χ2n) is 9.69. The molecule has 4 atom stereocenters. The molecule has 0 N–H and O–H groups in total. The first-order valence-electron chi connectivity index (χ1n) is 11.7. The Morgan fingerprint density at radius 2 is 1.62 bits per heavy atom. The van der Waals surface area contributed by atoms with Crippen LogP contribution >= 0.6 is 0 Å². The minimum atomic E-state index is 0.991. The molecule has 0 aliphatic heterocycles. The van der Waals surface area contributed by atoms with Gasteiger partial charge in [-0.2, -0.15) is 0 Å². The van der Waals surface area contributed by atoms with Crippen molar-refractivity contribution in [1.29, 1.82) is 0 Å². The van der Waals surface area contributed by atoms with Crippen LogP contribution in [-0.4, -0.2) is 0 Å². The molecule has 0 bridgehead atoms. The van der Waals surface area contributed by atoms with E-state index in [-0.39, 0.29) is 0 Å². The third kappa shape index (κ3) is 7.49. The van der Waals surface area contributed by atoms with Crippen LogP contribution in [0.5, 0.6) is 0 Å². The lowest BCUT2D eigenvalue weighted by Gasteiger charge is -2.35. The van der Waals surface area contributed by atoms with Crippen LogP contribution in [0.2, 0.25) is 0 Å². The lowest BCUT2D eigenvalue weighted by Crippen LogP contribution is -2.24. The average Bonchev–Trinajstić information content (AvgIpc) is 2.60. The Labute approximate surface area is 153 Å². The third-order valence-electron chi connectivity index (χ3n) is 7.43. The van der Waals surface area contributed by atoms with Gasteiger partial charge < -0.3 is 0 Å². The summed E-state index contributed by atoms with van der Waals surface area (Å²) in [6.07, 6.45) is 24.1. The maximum atomic E-state index is 2.55. The van der Waals surface area contributed by atoms with E-state index in [1.807, 2.05) is 0 Å². The summed E-state index contributed by atoms with van der Waals surface area (Å²) >= 11 is 0. The van der Waals surface area contributed by atoms with E-state index in [4.69, 9.17) is 0 Å². The normalized spacial score (nSPS) is 30.4. The summed E-state index contributed by atoms with van der Waals surface area (Å²) in [6, 6.07) is 0. The molecule has 2 aliphatic carbocycles. The van der Waals surface area contributed by atoms with E-state index in [9.17, 15) is 0 Å². The Bertz CT molecular complexity index is 301. The molecular weight excluding hydrogens is 288 g/mol. The van der Waals surface area contributed by atoms with Crippen LogP contribution in [0.1, 0.15) is 124 Å². The summed E-state index contributed by atoms with van der Waals surface area (Å²) in [5.41, 5.74) is 0. The largest absolute Gasteiger partial charge is 0.0654 e. The van der Waals surface area contributed by atoms with Gasteiger partial charge in [-0.25, -0.2) is 0 Å². The molecule has 2 aliphatic rings. The van der Waals surface area contributed by atoms with Crippen molar-refractivity contribution in [3.63, 3.8) is 0 Å². The fourth-order valence-electron chi connectivity index (χ4n) is 5.59. The number of hydrogen-bond acceptors (Lipinski definition) is 0. The zero-order chi connectivity index (χ0) is 17.2. The standard InChI is InChI=1S/C24H46/c1-4-5-6-8-13-23(17-16-22-11-9-7-10-12-22)19-24-18-20(2)14-15-21(24)3/h20-24H,4-19H2,1-3H3. The monoisotopic (exact) mass is 334 g/mol. The Balaban J connectivity index is 1.78. The van der Waals surface area contributed by atoms with Crippen molar-refractivity contribution < 1.29 is 0 Å². The van der Waals surface area contributed by atoms with Gasteiger partial charge in [0.2, 0.25) is 0 Å². The first-order valence-corrected chi connectivity index (χ1v) is 11.7. The molecule has 0 aromatic carbocycles. The summed E-state index contributed by atoms with van der Waals surface area (Å²) in [7, 11) is 0. The van der Waals surface area contributed by atoms with Crippen molar-refractivity contribution in [1.82, 2.24) is 0 Å². The molecule has 2 rings (SSSR count). The summed E-state index contributed by atoms with van der Waals surface area (Å²) in [6.45, 7) is 7.38. The van der Waals surface area contributed by atoms with Gasteiger partial charge in [0.05, 0.1) is 0 Å². The molecule has 4 unspecified atom stereocenters. The predicted octanol–water partition coefficient (Wildman–Crippen LogP) is 8.40. The van der Waals surface area contributed by atoms with Crippen LogP contribution in [0.15, 0.2) is 0 Å². The quantitative estimate of drug-likeness (QED) is 0.352. The molecule has 0 spiro atoms. The molecule has 0 aromatic rings. The number of unbranched alkanes of at least 4 members (excludes halogenated alkanes) is 3. The highest BCUT2D eigenvalue weighted by atomic mass is 14.3. The molecule has 2 saturated carbocycles. The van der Waals surface area contributed by atoms with Crippen molar-refractivity contribution in [2.75, 3.05) is 0 Å². The van der Waals surface area contributed by atoms with Gasteiger partial charge in [0.25, 0.3) is 0 Å². The molecule has 24 heavy (non-hydrogen) atoms. The van der Waals surface area contributed by atoms with Crippen molar-refractivity contribution >= 4 is 0 Å². The molecule has 142 valence electrons. The Morgan fingerprint density at radius 1 is 0.833 bits per heavy atom. The lowest BCUT2D eigenvalue weighted by molar-refractivity contribution is 0.158. The van der Waals surface area contributed by atoms with E-state index in [0.29, 0.717) is 0 Å². The Morgan fingerprint density at radius 3 is 2.38 bits per heavy atom. The van der Waals surface area contributed by atoms with Crippen LogP contribution in [0.25, 0.3) is 0 Å². The highest BCUT2D eigenvalue weighted by molar-refractivity contribution is 4.79. The van der Waals surface area contributed by atoms with Crippen molar-refractivity contribution in [2.24, 2.45) is 29.6 Å². The molecular formula is C24H46. The first kappa shape index (κ1) is 20.3. The summed E-state index contributed by atoms with van der Waals surface area (Å²) < 4.78 is 0. The average molecular weight is 335 g/mol. The smallest absolute Gasteiger partial charge is 0.0383 e. The van der Waals surface area contributed by atoms with E-state index in [1.165, 1.54) is 70.6 Å². The zero-order valence-corrected chi connectivity index (χ0v) is 17.2. The van der Waals surface area contributed by atoms with Crippen molar-refractivity contribution in [3.8, 4) is 0 Å². The zero-order valence-electron chi connectivity index (χ0n) is 17.2. The van der Waals surface area contributed by atoms with Gasteiger partial charge in [0.1, 0.15) is 0 Å². The Hall–Kier alpha value is 0. The fraction of sp³-hybridized carbons (Fsp3) is 1.00. The van der Waals surface area contributed by atoms with Gasteiger partial charge >= 0.3 is 0 Å². The minimum Gasteiger partial charge on any atom is -0.0654 e. The SMILES string of the molecule is CCCCCCC(CCC1CCCCC1)CC1CC(C)CCC1C. The van der Waals surface area contributed by atoms with Crippen molar-refractivity contribution in [3.05, 3.63) is 0 Å². The van der Waals surface area contributed by atoms with Crippen LogP contribution in [0, 0.1) is 29.6 Å². The molecule has 0 nitrogen and oxygen atoms in total. The summed E-state index contributed by atoms with van der Waals surface area (Å²) in [5.74, 6) is 5.15. The molecule has 0 heteroatoms. The molecule has 2 fully saturated rings. The summed E-state index contributed by atoms with van der Waals surface area (Å²) in [5, 5.41) is 0. The van der Waals surface area contributed by atoms with Crippen LogP contribution in [0.4, 0.5) is 0 Å². The molecule has 0 aromatic heterocycles.